The predicted molar refractivity (Wildman–Crippen MR) is 79.3 cm³/mol. The molecule has 1 aromatic carbocycles. The van der Waals surface area contributed by atoms with Gasteiger partial charge in [0.2, 0.25) is 0 Å². The van der Waals surface area contributed by atoms with E-state index in [1.54, 1.807) is 0 Å². The van der Waals surface area contributed by atoms with Crippen LogP contribution in [-0.2, 0) is 6.42 Å². The normalized spacial score (nSPS) is 23.7. The molecule has 1 aromatic heterocycles. The highest BCUT2D eigenvalue weighted by molar-refractivity contribution is 5.82. The minimum atomic E-state index is 0.301. The fourth-order valence-electron chi connectivity index (χ4n) is 2.94. The van der Waals surface area contributed by atoms with Crippen LogP contribution in [0.25, 0.3) is 11.0 Å². The molecular formula is C17H23NO. The first-order valence-electron chi connectivity index (χ1n) is 7.44. The number of furan rings is 1. The van der Waals surface area contributed by atoms with Crippen molar-refractivity contribution in [3.8, 4) is 0 Å². The van der Waals surface area contributed by atoms with Gasteiger partial charge in [-0.15, -0.1) is 0 Å². The van der Waals surface area contributed by atoms with Crippen molar-refractivity contribution >= 4 is 11.0 Å². The zero-order valence-corrected chi connectivity index (χ0v) is 12.1. The van der Waals surface area contributed by atoms with E-state index in [0.717, 1.165) is 36.1 Å². The molecular weight excluding hydrogens is 234 g/mol. The van der Waals surface area contributed by atoms with Crippen molar-refractivity contribution < 1.29 is 4.42 Å². The first kappa shape index (κ1) is 12.7. The van der Waals surface area contributed by atoms with Crippen molar-refractivity contribution in [3.63, 3.8) is 0 Å². The molecule has 0 spiro atoms. The number of benzene rings is 1. The smallest absolute Gasteiger partial charge is 0.134 e. The molecule has 1 heterocycles. The summed E-state index contributed by atoms with van der Waals surface area (Å²) in [7, 11) is 0. The topological polar surface area (TPSA) is 25.2 Å². The lowest BCUT2D eigenvalue weighted by atomic mass is 10.0. The van der Waals surface area contributed by atoms with Crippen molar-refractivity contribution in [2.45, 2.75) is 39.7 Å². The summed E-state index contributed by atoms with van der Waals surface area (Å²) in [4.78, 5) is 0. The van der Waals surface area contributed by atoms with Gasteiger partial charge in [0.25, 0.3) is 0 Å². The van der Waals surface area contributed by atoms with Crippen LogP contribution < -0.4 is 5.32 Å². The van der Waals surface area contributed by atoms with Crippen LogP contribution in [-0.4, -0.2) is 6.54 Å². The number of aryl methyl sites for hydroxylation is 1. The molecule has 3 rings (SSSR count). The summed E-state index contributed by atoms with van der Waals surface area (Å²) >= 11 is 0. The molecule has 0 saturated heterocycles. The molecule has 1 fully saturated rings. The first-order chi connectivity index (χ1) is 9.20. The lowest BCUT2D eigenvalue weighted by Crippen LogP contribution is -2.21. The van der Waals surface area contributed by atoms with Crippen LogP contribution >= 0.6 is 0 Å². The minimum absolute atomic E-state index is 0.301. The average Bonchev–Trinajstić information content (AvgIpc) is 3.00. The SMILES string of the molecule is CCc1c(C(C)NCC2CC2C)oc2ccccc12. The number of para-hydroxylation sites is 1. The van der Waals surface area contributed by atoms with Gasteiger partial charge in [-0.3, -0.25) is 0 Å². The zero-order chi connectivity index (χ0) is 13.4. The monoisotopic (exact) mass is 257 g/mol. The molecule has 1 saturated carbocycles. The highest BCUT2D eigenvalue weighted by atomic mass is 16.3. The zero-order valence-electron chi connectivity index (χ0n) is 12.1. The second kappa shape index (κ2) is 5.01. The largest absolute Gasteiger partial charge is 0.459 e. The van der Waals surface area contributed by atoms with E-state index >= 15 is 0 Å². The third kappa shape index (κ3) is 2.42. The Bertz CT molecular complexity index is 572. The molecule has 2 heteroatoms. The molecule has 1 aliphatic carbocycles. The maximum Gasteiger partial charge on any atom is 0.134 e. The van der Waals surface area contributed by atoms with Crippen molar-refractivity contribution in [2.75, 3.05) is 6.54 Å². The molecule has 2 aromatic rings. The number of fused-ring (bicyclic) bond motifs is 1. The van der Waals surface area contributed by atoms with Gasteiger partial charge in [-0.2, -0.15) is 0 Å². The fourth-order valence-corrected chi connectivity index (χ4v) is 2.94. The van der Waals surface area contributed by atoms with Crippen molar-refractivity contribution in [1.82, 2.24) is 5.32 Å². The summed E-state index contributed by atoms with van der Waals surface area (Å²) < 4.78 is 6.07. The quantitative estimate of drug-likeness (QED) is 0.863. The van der Waals surface area contributed by atoms with Crippen LogP contribution in [0.3, 0.4) is 0 Å². The van der Waals surface area contributed by atoms with Gasteiger partial charge in [-0.25, -0.2) is 0 Å². The van der Waals surface area contributed by atoms with Gasteiger partial charge in [0, 0.05) is 10.9 Å². The summed E-state index contributed by atoms with van der Waals surface area (Å²) in [5, 5.41) is 4.90. The molecule has 0 bridgehead atoms. The van der Waals surface area contributed by atoms with Crippen molar-refractivity contribution in [2.24, 2.45) is 11.8 Å². The van der Waals surface area contributed by atoms with Gasteiger partial charge in [-0.1, -0.05) is 32.0 Å². The second-order valence-electron chi connectivity index (χ2n) is 5.90. The van der Waals surface area contributed by atoms with Gasteiger partial charge < -0.3 is 9.73 Å². The Morgan fingerprint density at radius 1 is 1.37 bits per heavy atom. The molecule has 19 heavy (non-hydrogen) atoms. The molecule has 1 aliphatic rings. The summed E-state index contributed by atoms with van der Waals surface area (Å²) in [5.41, 5.74) is 2.38. The van der Waals surface area contributed by atoms with Gasteiger partial charge in [0.1, 0.15) is 11.3 Å². The Kier molecular flexibility index (Phi) is 3.36. The van der Waals surface area contributed by atoms with Crippen LogP contribution in [0.15, 0.2) is 28.7 Å². The third-order valence-corrected chi connectivity index (χ3v) is 4.44. The van der Waals surface area contributed by atoms with Gasteiger partial charge in [-0.05, 0) is 44.2 Å². The van der Waals surface area contributed by atoms with E-state index < -0.39 is 0 Å². The van der Waals surface area contributed by atoms with E-state index in [1.807, 2.05) is 6.07 Å². The molecule has 1 N–H and O–H groups in total. The Labute approximate surface area is 115 Å². The molecule has 0 amide bonds. The third-order valence-electron chi connectivity index (χ3n) is 4.44. The highest BCUT2D eigenvalue weighted by Crippen LogP contribution is 2.37. The van der Waals surface area contributed by atoms with Crippen LogP contribution in [0.2, 0.25) is 0 Å². The molecule has 0 radical (unpaired) electrons. The Morgan fingerprint density at radius 3 is 2.79 bits per heavy atom. The maximum absolute atomic E-state index is 6.07. The standard InChI is InChI=1S/C17H23NO/c1-4-14-15-7-5-6-8-16(15)19-17(14)12(3)18-10-13-9-11(13)2/h5-8,11-13,18H,4,9-10H2,1-3H3. The Hall–Kier alpha value is -1.28. The van der Waals surface area contributed by atoms with E-state index in [4.69, 9.17) is 4.42 Å². The van der Waals surface area contributed by atoms with Gasteiger partial charge in [0.05, 0.1) is 6.04 Å². The lowest BCUT2D eigenvalue weighted by molar-refractivity contribution is 0.436. The maximum atomic E-state index is 6.07. The molecule has 3 unspecified atom stereocenters. The number of hydrogen-bond donors (Lipinski definition) is 1. The van der Waals surface area contributed by atoms with E-state index in [2.05, 4.69) is 44.3 Å². The van der Waals surface area contributed by atoms with Crippen molar-refractivity contribution in [3.05, 3.63) is 35.6 Å². The minimum Gasteiger partial charge on any atom is -0.459 e. The summed E-state index contributed by atoms with van der Waals surface area (Å²) in [6, 6.07) is 8.66. The van der Waals surface area contributed by atoms with Crippen LogP contribution in [0, 0.1) is 11.8 Å². The van der Waals surface area contributed by atoms with Crippen LogP contribution in [0.5, 0.6) is 0 Å². The van der Waals surface area contributed by atoms with E-state index in [-0.39, 0.29) is 0 Å². The van der Waals surface area contributed by atoms with Crippen LogP contribution in [0.4, 0.5) is 0 Å². The Morgan fingerprint density at radius 2 is 2.11 bits per heavy atom. The van der Waals surface area contributed by atoms with Gasteiger partial charge >= 0.3 is 0 Å². The van der Waals surface area contributed by atoms with Crippen LogP contribution in [0.1, 0.15) is 44.6 Å². The van der Waals surface area contributed by atoms with Gasteiger partial charge in [0.15, 0.2) is 0 Å². The second-order valence-corrected chi connectivity index (χ2v) is 5.90. The number of rotatable bonds is 5. The number of hydrogen-bond acceptors (Lipinski definition) is 2. The van der Waals surface area contributed by atoms with E-state index in [0.29, 0.717) is 6.04 Å². The summed E-state index contributed by atoms with van der Waals surface area (Å²) in [6.45, 7) is 7.86. The molecule has 102 valence electrons. The fraction of sp³-hybridized carbons (Fsp3) is 0.529. The average molecular weight is 257 g/mol. The van der Waals surface area contributed by atoms with E-state index in [1.165, 1.54) is 17.4 Å². The molecule has 2 nitrogen and oxygen atoms in total. The molecule has 0 aliphatic heterocycles. The summed E-state index contributed by atoms with van der Waals surface area (Å²) in [6.07, 6.45) is 2.40. The number of nitrogens with one attached hydrogen (secondary N) is 1. The summed E-state index contributed by atoms with van der Waals surface area (Å²) in [5.74, 6) is 2.90. The highest BCUT2D eigenvalue weighted by Gasteiger charge is 2.32. The van der Waals surface area contributed by atoms with Crippen molar-refractivity contribution in [1.29, 1.82) is 0 Å². The molecule has 3 atom stereocenters. The van der Waals surface area contributed by atoms with E-state index in [9.17, 15) is 0 Å². The first-order valence-corrected chi connectivity index (χ1v) is 7.44. The predicted octanol–water partition coefficient (Wildman–Crippen LogP) is 4.30. The lowest BCUT2D eigenvalue weighted by Gasteiger charge is -2.12. The Balaban J connectivity index is 1.82.